The molecule has 44 heavy (non-hydrogen) atoms. The van der Waals surface area contributed by atoms with Gasteiger partial charge in [0, 0.05) is 40.5 Å². The molecule has 7 nitrogen and oxygen atoms in total. The molecule has 0 spiro atoms. The Morgan fingerprint density at radius 3 is 1.34 bits per heavy atom. The van der Waals surface area contributed by atoms with E-state index in [0.717, 1.165) is 43.1 Å². The summed E-state index contributed by atoms with van der Waals surface area (Å²) in [7, 11) is 0. The van der Waals surface area contributed by atoms with Crippen LogP contribution in [0.1, 0.15) is 13.3 Å². The molecule has 2 atom stereocenters. The maximum atomic E-state index is 12.2. The summed E-state index contributed by atoms with van der Waals surface area (Å²) in [4.78, 5) is 22.9. The molecule has 6 rings (SSSR count). The average Bonchev–Trinajstić information content (AvgIpc) is 3.03. The van der Waals surface area contributed by atoms with Gasteiger partial charge in [-0.25, -0.2) is 4.79 Å². The molecule has 6 aromatic rings. The molecule has 1 unspecified atom stereocenters. The number of hydrogen-bond donors (Lipinski definition) is 3. The lowest BCUT2D eigenvalue weighted by atomic mass is 9.98. The van der Waals surface area contributed by atoms with Gasteiger partial charge in [-0.2, -0.15) is 0 Å². The van der Waals surface area contributed by atoms with Crippen molar-refractivity contribution in [2.45, 2.75) is 19.4 Å². The van der Waals surface area contributed by atoms with Gasteiger partial charge in [0.25, 0.3) is 0 Å². The fourth-order valence-corrected chi connectivity index (χ4v) is 5.28. The molecule has 224 valence electrons. The zero-order valence-corrected chi connectivity index (χ0v) is 24.4. The predicted octanol–water partition coefficient (Wildman–Crippen LogP) is 6.78. The van der Waals surface area contributed by atoms with E-state index in [4.69, 9.17) is 14.6 Å². The number of carbonyl (C=O) groups excluding carboxylic acids is 1. The van der Waals surface area contributed by atoms with Crippen LogP contribution in [0.15, 0.2) is 109 Å². The molecule has 0 aliphatic carbocycles. The number of ketones is 1. The van der Waals surface area contributed by atoms with Crippen molar-refractivity contribution >= 4 is 54.8 Å². The first-order valence-electron chi connectivity index (χ1n) is 14.4. The first kappa shape index (κ1) is 30.5. The number of carbonyl (C=O) groups is 2. The molecule has 0 saturated heterocycles. The fraction of sp³-hybridized carbons (Fsp3) is 0.189. The monoisotopic (exact) mass is 590 g/mol. The Morgan fingerprint density at radius 1 is 0.636 bits per heavy atom. The third-order valence-electron chi connectivity index (χ3n) is 7.57. The topological polar surface area (TPSA) is 113 Å². The molecule has 6 aromatic carbocycles. The van der Waals surface area contributed by atoms with Crippen LogP contribution in [0.4, 0.5) is 0 Å². The van der Waals surface area contributed by atoms with Gasteiger partial charge in [0.05, 0.1) is 6.10 Å². The number of carboxylic acid groups (broad SMARTS) is 1. The van der Waals surface area contributed by atoms with Gasteiger partial charge in [0.1, 0.15) is 18.1 Å². The van der Waals surface area contributed by atoms with Crippen molar-refractivity contribution in [1.82, 2.24) is 0 Å². The Hall–Kier alpha value is -4.98. The van der Waals surface area contributed by atoms with Gasteiger partial charge < -0.3 is 24.8 Å². The minimum atomic E-state index is -0.975. The Morgan fingerprint density at radius 2 is 1.00 bits per heavy atom. The summed E-state index contributed by atoms with van der Waals surface area (Å²) in [5.41, 5.74) is 0. The molecule has 3 N–H and O–H groups in total. The molecular weight excluding hydrogens is 556 g/mol. The van der Waals surface area contributed by atoms with E-state index in [1.54, 1.807) is 6.92 Å². The fourth-order valence-electron chi connectivity index (χ4n) is 5.28. The molecule has 0 aliphatic rings. The van der Waals surface area contributed by atoms with Gasteiger partial charge in [0.2, 0.25) is 0 Å². The van der Waals surface area contributed by atoms with Crippen molar-refractivity contribution in [3.05, 3.63) is 109 Å². The third-order valence-corrected chi connectivity index (χ3v) is 7.57. The maximum absolute atomic E-state index is 12.2. The maximum Gasteiger partial charge on any atom is 0.341 e. The van der Waals surface area contributed by atoms with Crippen LogP contribution in [0.25, 0.3) is 43.1 Å². The minimum absolute atomic E-state index is 0.0821. The molecule has 0 saturated carbocycles. The van der Waals surface area contributed by atoms with E-state index in [1.165, 1.54) is 0 Å². The molecule has 0 aliphatic heterocycles. The Balaban J connectivity index is 0.000000181. The lowest BCUT2D eigenvalue weighted by Crippen LogP contribution is -2.26. The number of benzene rings is 6. The van der Waals surface area contributed by atoms with Crippen LogP contribution in [0.2, 0.25) is 0 Å². The highest BCUT2D eigenvalue weighted by atomic mass is 16.5. The van der Waals surface area contributed by atoms with Crippen LogP contribution in [-0.4, -0.2) is 53.0 Å². The Bertz CT molecular complexity index is 1820. The number of hydrogen-bond acceptors (Lipinski definition) is 6. The first-order valence-corrected chi connectivity index (χ1v) is 14.4. The van der Waals surface area contributed by atoms with Crippen molar-refractivity contribution in [2.75, 3.05) is 19.8 Å². The number of aliphatic carboxylic acids is 1. The number of ether oxygens (including phenoxy) is 2. The zero-order valence-electron chi connectivity index (χ0n) is 24.4. The predicted molar refractivity (Wildman–Crippen MR) is 173 cm³/mol. The SMILES string of the molecule is C[C@@H](O)C(CO)CC(=O)COc1c2ccccc2cc2ccccc12.O=C(O)COc1c2ccccc2cc2ccccc12. The highest BCUT2D eigenvalue weighted by Crippen LogP contribution is 2.36. The quantitative estimate of drug-likeness (QED) is 0.151. The molecule has 0 aromatic heterocycles. The number of aliphatic hydroxyl groups excluding tert-OH is 2. The van der Waals surface area contributed by atoms with E-state index in [1.807, 2.05) is 97.1 Å². The van der Waals surface area contributed by atoms with Gasteiger partial charge in [-0.1, -0.05) is 97.1 Å². The van der Waals surface area contributed by atoms with E-state index in [0.29, 0.717) is 11.5 Å². The molecule has 0 radical (unpaired) electrons. The average molecular weight is 591 g/mol. The molecule has 0 amide bonds. The second-order valence-electron chi connectivity index (χ2n) is 10.7. The number of aliphatic hydroxyl groups is 2. The summed E-state index contributed by atoms with van der Waals surface area (Å²) in [6.07, 6.45) is -0.635. The summed E-state index contributed by atoms with van der Waals surface area (Å²) in [5, 5.41) is 35.6. The van der Waals surface area contributed by atoms with Crippen LogP contribution in [-0.2, 0) is 9.59 Å². The van der Waals surface area contributed by atoms with Crippen LogP contribution >= 0.6 is 0 Å². The van der Waals surface area contributed by atoms with E-state index in [2.05, 4.69) is 12.1 Å². The van der Waals surface area contributed by atoms with E-state index in [9.17, 15) is 19.8 Å². The summed E-state index contributed by atoms with van der Waals surface area (Å²) >= 11 is 0. The number of Topliss-reactive ketones (excluding diaryl/α,β-unsaturated/α-hetero) is 1. The van der Waals surface area contributed by atoms with Gasteiger partial charge in [0.15, 0.2) is 12.4 Å². The lowest BCUT2D eigenvalue weighted by Gasteiger charge is -2.17. The highest BCUT2D eigenvalue weighted by molar-refractivity contribution is 6.06. The second kappa shape index (κ2) is 14.0. The normalized spacial score (nSPS) is 12.4. The van der Waals surface area contributed by atoms with Gasteiger partial charge in [-0.15, -0.1) is 0 Å². The van der Waals surface area contributed by atoms with Crippen molar-refractivity contribution in [3.8, 4) is 11.5 Å². The summed E-state index contributed by atoms with van der Waals surface area (Å²) in [6.45, 7) is 0.938. The van der Waals surface area contributed by atoms with Crippen LogP contribution in [0, 0.1) is 5.92 Å². The van der Waals surface area contributed by atoms with Gasteiger partial charge in [-0.3, -0.25) is 4.79 Å². The highest BCUT2D eigenvalue weighted by Gasteiger charge is 2.19. The van der Waals surface area contributed by atoms with E-state index in [-0.39, 0.29) is 32.0 Å². The van der Waals surface area contributed by atoms with Crippen LogP contribution in [0.5, 0.6) is 11.5 Å². The van der Waals surface area contributed by atoms with Crippen molar-refractivity contribution in [1.29, 1.82) is 0 Å². The summed E-state index contributed by atoms with van der Waals surface area (Å²) < 4.78 is 11.4. The largest absolute Gasteiger partial charge is 0.485 e. The number of rotatable bonds is 10. The van der Waals surface area contributed by atoms with E-state index < -0.39 is 18.0 Å². The second-order valence-corrected chi connectivity index (χ2v) is 10.7. The number of fused-ring (bicyclic) bond motifs is 4. The number of carboxylic acids is 1. The minimum Gasteiger partial charge on any atom is -0.485 e. The smallest absolute Gasteiger partial charge is 0.341 e. The molecule has 7 heteroatoms. The van der Waals surface area contributed by atoms with Crippen LogP contribution < -0.4 is 9.47 Å². The van der Waals surface area contributed by atoms with Gasteiger partial charge >= 0.3 is 5.97 Å². The van der Waals surface area contributed by atoms with Crippen molar-refractivity contribution in [2.24, 2.45) is 5.92 Å². The summed E-state index contributed by atoms with van der Waals surface area (Å²) in [6, 6.07) is 35.7. The van der Waals surface area contributed by atoms with E-state index >= 15 is 0 Å². The summed E-state index contributed by atoms with van der Waals surface area (Å²) in [5.74, 6) is -0.245. The molecule has 0 bridgehead atoms. The lowest BCUT2D eigenvalue weighted by molar-refractivity contribution is -0.139. The van der Waals surface area contributed by atoms with Crippen molar-refractivity contribution in [3.63, 3.8) is 0 Å². The molecule has 0 heterocycles. The van der Waals surface area contributed by atoms with Gasteiger partial charge in [-0.05, 0) is 40.6 Å². The van der Waals surface area contributed by atoms with Crippen LogP contribution in [0.3, 0.4) is 0 Å². The Labute approximate surface area is 254 Å². The Kier molecular flexibility index (Phi) is 9.69. The molecular formula is C37H34O7. The molecule has 0 fully saturated rings. The standard InChI is InChI=1S/C21H22O4.C16H12O3/c1-14(23)17(12-22)11-18(24)13-25-21-19-8-4-2-6-15(19)10-16-7-3-5-9-20(16)21;17-15(18)10-19-16-13-7-3-1-5-11(13)9-12-6-2-4-8-14(12)16/h2-10,14,17,22-23H,11-13H2,1H3;1-9H,10H2,(H,17,18)/t14-,17?;/m1./s1. The first-order chi connectivity index (χ1) is 21.4. The van der Waals surface area contributed by atoms with Crippen molar-refractivity contribution < 1.29 is 34.4 Å². The zero-order chi connectivity index (χ0) is 31.1. The third kappa shape index (κ3) is 6.97.